The van der Waals surface area contributed by atoms with Gasteiger partial charge in [-0.25, -0.2) is 9.97 Å². The maximum atomic E-state index is 11.7. The van der Waals surface area contributed by atoms with Crippen LogP contribution in [0.3, 0.4) is 0 Å². The van der Waals surface area contributed by atoms with Crippen LogP contribution >= 0.6 is 11.6 Å². The van der Waals surface area contributed by atoms with Crippen LogP contribution in [0.4, 0.5) is 5.82 Å². The Kier molecular flexibility index (Phi) is 3.00. The summed E-state index contributed by atoms with van der Waals surface area (Å²) in [6.45, 7) is 0. The second-order valence-corrected chi connectivity index (χ2v) is 3.70. The molecule has 0 spiro atoms. The zero-order chi connectivity index (χ0) is 11.5. The summed E-state index contributed by atoms with van der Waals surface area (Å²) in [6.07, 6.45) is 3.71. The van der Waals surface area contributed by atoms with Crippen molar-refractivity contribution >= 4 is 29.2 Å². The molecule has 1 saturated heterocycles. The first-order valence-electron chi connectivity index (χ1n) is 4.73. The molecular formula is C9H9ClN4O2. The molecule has 0 aliphatic carbocycles. The molecular weight excluding hydrogens is 232 g/mol. The number of hydrogen-bond donors (Lipinski definition) is 2. The van der Waals surface area contributed by atoms with Gasteiger partial charge in [0.05, 0.1) is 0 Å². The van der Waals surface area contributed by atoms with E-state index in [4.69, 9.17) is 11.6 Å². The van der Waals surface area contributed by atoms with Gasteiger partial charge >= 0.3 is 0 Å². The number of anilines is 1. The van der Waals surface area contributed by atoms with Crippen molar-refractivity contribution in [2.75, 3.05) is 5.32 Å². The Bertz CT molecular complexity index is 437. The number of nitrogens with one attached hydrogen (secondary N) is 2. The molecule has 1 atom stereocenters. The van der Waals surface area contributed by atoms with E-state index in [1.54, 1.807) is 0 Å². The van der Waals surface area contributed by atoms with Gasteiger partial charge in [-0.1, -0.05) is 11.6 Å². The highest BCUT2D eigenvalue weighted by Crippen LogP contribution is 2.15. The summed E-state index contributed by atoms with van der Waals surface area (Å²) in [5, 5.41) is 5.19. The molecule has 84 valence electrons. The summed E-state index contributed by atoms with van der Waals surface area (Å²) >= 11 is 5.73. The third-order valence-electron chi connectivity index (χ3n) is 2.21. The van der Waals surface area contributed by atoms with Crippen molar-refractivity contribution in [2.24, 2.45) is 0 Å². The minimum absolute atomic E-state index is 0.120. The smallest absolute Gasteiger partial charge is 0.248 e. The second-order valence-electron chi connectivity index (χ2n) is 3.34. The molecule has 0 saturated carbocycles. The van der Waals surface area contributed by atoms with Crippen LogP contribution < -0.4 is 10.6 Å². The molecule has 1 aromatic heterocycles. The van der Waals surface area contributed by atoms with Crippen molar-refractivity contribution in [3.63, 3.8) is 0 Å². The van der Waals surface area contributed by atoms with Crippen LogP contribution in [0, 0.1) is 0 Å². The number of amides is 2. The molecule has 2 heterocycles. The number of carbonyl (C=O) groups is 2. The number of halogens is 1. The van der Waals surface area contributed by atoms with Gasteiger partial charge in [0.2, 0.25) is 11.8 Å². The van der Waals surface area contributed by atoms with E-state index >= 15 is 0 Å². The number of carbonyl (C=O) groups excluding carboxylic acids is 2. The van der Waals surface area contributed by atoms with Gasteiger partial charge in [0.15, 0.2) is 11.0 Å². The van der Waals surface area contributed by atoms with Gasteiger partial charge in [-0.3, -0.25) is 9.59 Å². The molecule has 1 aliphatic heterocycles. The SMILES string of the molecule is O=C1CCC(C(=O)Nc2nccnc2Cl)N1. The molecule has 0 bridgehead atoms. The van der Waals surface area contributed by atoms with Gasteiger partial charge in [-0.05, 0) is 6.42 Å². The fraction of sp³-hybridized carbons (Fsp3) is 0.333. The summed E-state index contributed by atoms with van der Waals surface area (Å²) in [6, 6.07) is -0.509. The Labute approximate surface area is 96.4 Å². The fourth-order valence-corrected chi connectivity index (χ4v) is 1.57. The summed E-state index contributed by atoms with van der Waals surface area (Å²) in [5.74, 6) is -0.242. The minimum atomic E-state index is -0.509. The second kappa shape index (κ2) is 4.44. The predicted octanol–water partition coefficient (Wildman–Crippen LogP) is 0.347. The number of hydrogen-bond acceptors (Lipinski definition) is 4. The van der Waals surface area contributed by atoms with E-state index in [-0.39, 0.29) is 22.8 Å². The molecule has 2 rings (SSSR count). The first-order chi connectivity index (χ1) is 7.66. The lowest BCUT2D eigenvalue weighted by molar-refractivity contribution is -0.122. The standard InChI is InChI=1S/C9H9ClN4O2/c10-7-8(12-4-3-11-7)14-9(16)5-1-2-6(15)13-5/h3-5H,1-2H2,(H,13,15)(H,12,14,16). The predicted molar refractivity (Wildman–Crippen MR) is 56.8 cm³/mol. The fourth-order valence-electron chi connectivity index (χ4n) is 1.42. The highest BCUT2D eigenvalue weighted by Gasteiger charge is 2.27. The van der Waals surface area contributed by atoms with Crippen molar-refractivity contribution in [1.82, 2.24) is 15.3 Å². The summed E-state index contributed by atoms with van der Waals surface area (Å²) < 4.78 is 0. The molecule has 0 radical (unpaired) electrons. The van der Waals surface area contributed by atoms with Crippen molar-refractivity contribution < 1.29 is 9.59 Å². The normalized spacial score (nSPS) is 19.3. The van der Waals surface area contributed by atoms with Crippen LogP contribution in [0.1, 0.15) is 12.8 Å². The third kappa shape index (κ3) is 2.27. The van der Waals surface area contributed by atoms with E-state index in [0.29, 0.717) is 12.8 Å². The molecule has 2 amide bonds. The van der Waals surface area contributed by atoms with Crippen molar-refractivity contribution in [3.05, 3.63) is 17.5 Å². The Morgan fingerprint density at radius 3 is 2.88 bits per heavy atom. The summed E-state index contributed by atoms with van der Waals surface area (Å²) in [4.78, 5) is 30.2. The van der Waals surface area contributed by atoms with Crippen LogP contribution in [0.15, 0.2) is 12.4 Å². The molecule has 0 aromatic carbocycles. The van der Waals surface area contributed by atoms with Crippen molar-refractivity contribution in [2.45, 2.75) is 18.9 Å². The van der Waals surface area contributed by atoms with Gasteiger partial charge in [0.1, 0.15) is 6.04 Å². The number of aromatic nitrogens is 2. The van der Waals surface area contributed by atoms with Crippen LogP contribution in [-0.2, 0) is 9.59 Å². The number of rotatable bonds is 2. The van der Waals surface area contributed by atoms with Crippen LogP contribution in [0.5, 0.6) is 0 Å². The Morgan fingerprint density at radius 2 is 2.25 bits per heavy atom. The number of nitrogens with zero attached hydrogens (tertiary/aromatic N) is 2. The van der Waals surface area contributed by atoms with Gasteiger partial charge in [-0.15, -0.1) is 0 Å². The highest BCUT2D eigenvalue weighted by molar-refractivity contribution is 6.32. The van der Waals surface area contributed by atoms with Crippen LogP contribution in [0.25, 0.3) is 0 Å². The summed E-state index contributed by atoms with van der Waals surface area (Å²) in [7, 11) is 0. The van der Waals surface area contributed by atoms with Crippen molar-refractivity contribution in [1.29, 1.82) is 0 Å². The molecule has 1 fully saturated rings. The Morgan fingerprint density at radius 1 is 1.50 bits per heavy atom. The van der Waals surface area contributed by atoms with E-state index < -0.39 is 6.04 Å². The van der Waals surface area contributed by atoms with E-state index in [1.807, 2.05) is 0 Å². The lowest BCUT2D eigenvalue weighted by atomic mass is 10.2. The van der Waals surface area contributed by atoms with E-state index in [2.05, 4.69) is 20.6 Å². The molecule has 1 unspecified atom stereocenters. The topological polar surface area (TPSA) is 84.0 Å². The third-order valence-corrected chi connectivity index (χ3v) is 2.48. The molecule has 16 heavy (non-hydrogen) atoms. The maximum Gasteiger partial charge on any atom is 0.248 e. The van der Waals surface area contributed by atoms with Gasteiger partial charge in [0.25, 0.3) is 0 Å². The zero-order valence-corrected chi connectivity index (χ0v) is 8.99. The first kappa shape index (κ1) is 10.8. The maximum absolute atomic E-state index is 11.7. The largest absolute Gasteiger partial charge is 0.344 e. The van der Waals surface area contributed by atoms with E-state index in [1.165, 1.54) is 12.4 Å². The average molecular weight is 241 g/mol. The monoisotopic (exact) mass is 240 g/mol. The zero-order valence-electron chi connectivity index (χ0n) is 8.24. The molecule has 7 heteroatoms. The molecule has 2 N–H and O–H groups in total. The summed E-state index contributed by atoms with van der Waals surface area (Å²) in [5.41, 5.74) is 0. The van der Waals surface area contributed by atoms with Gasteiger partial charge < -0.3 is 10.6 Å². The quantitative estimate of drug-likeness (QED) is 0.781. The van der Waals surface area contributed by atoms with Gasteiger partial charge in [0, 0.05) is 18.8 Å². The van der Waals surface area contributed by atoms with Crippen molar-refractivity contribution in [3.8, 4) is 0 Å². The average Bonchev–Trinajstić information content (AvgIpc) is 2.68. The highest BCUT2D eigenvalue weighted by atomic mass is 35.5. The van der Waals surface area contributed by atoms with Crippen LogP contribution in [-0.4, -0.2) is 27.8 Å². The van der Waals surface area contributed by atoms with E-state index in [9.17, 15) is 9.59 Å². The van der Waals surface area contributed by atoms with E-state index in [0.717, 1.165) is 0 Å². The minimum Gasteiger partial charge on any atom is -0.344 e. The Hall–Kier alpha value is -1.69. The van der Waals surface area contributed by atoms with Crippen LogP contribution in [0.2, 0.25) is 5.15 Å². The Balaban J connectivity index is 2.03. The molecule has 1 aromatic rings. The molecule has 1 aliphatic rings. The first-order valence-corrected chi connectivity index (χ1v) is 5.11. The lowest BCUT2D eigenvalue weighted by Gasteiger charge is -2.10. The van der Waals surface area contributed by atoms with Gasteiger partial charge in [-0.2, -0.15) is 0 Å². The molecule has 6 nitrogen and oxygen atoms in total. The lowest BCUT2D eigenvalue weighted by Crippen LogP contribution is -2.37.